The SMILES string of the molecule is N=C(N)N(N)N(O)[N+](=O)[O-]. The van der Waals surface area contributed by atoms with Crippen LogP contribution in [0.25, 0.3) is 0 Å². The van der Waals surface area contributed by atoms with Crippen LogP contribution in [0.2, 0.25) is 0 Å². The molecule has 0 spiro atoms. The van der Waals surface area contributed by atoms with Crippen LogP contribution in [0.3, 0.4) is 0 Å². The van der Waals surface area contributed by atoms with Crippen molar-refractivity contribution in [3.05, 3.63) is 10.1 Å². The summed E-state index contributed by atoms with van der Waals surface area (Å²) in [5, 5.41) is 22.5. The third kappa shape index (κ3) is 1.72. The van der Waals surface area contributed by atoms with Gasteiger partial charge in [0.25, 0.3) is 0 Å². The van der Waals surface area contributed by atoms with Gasteiger partial charge in [-0.25, -0.2) is 21.2 Å². The molecular formula is CH6N6O3. The largest absolute Gasteiger partial charge is 0.367 e. The summed E-state index contributed by atoms with van der Waals surface area (Å²) in [7, 11) is 0. The molecule has 0 saturated carbocycles. The van der Waals surface area contributed by atoms with Gasteiger partial charge in [0.2, 0.25) is 11.0 Å². The summed E-state index contributed by atoms with van der Waals surface area (Å²) in [5.74, 6) is 3.83. The highest BCUT2D eigenvalue weighted by molar-refractivity contribution is 5.73. The molecule has 0 aliphatic heterocycles. The monoisotopic (exact) mass is 150 g/mol. The van der Waals surface area contributed by atoms with Crippen molar-refractivity contribution in [2.75, 3.05) is 0 Å². The first-order chi connectivity index (χ1) is 4.46. The fraction of sp³-hybridized carbons (Fsp3) is 0. The Balaban J connectivity index is 4.07. The van der Waals surface area contributed by atoms with Gasteiger partial charge in [0.05, 0.1) is 0 Å². The van der Waals surface area contributed by atoms with Crippen molar-refractivity contribution in [2.45, 2.75) is 0 Å². The highest BCUT2D eigenvalue weighted by Crippen LogP contribution is 1.83. The normalized spacial score (nSPS) is 8.60. The lowest BCUT2D eigenvalue weighted by molar-refractivity contribution is -0.768. The third-order valence-electron chi connectivity index (χ3n) is 0.586. The minimum Gasteiger partial charge on any atom is -0.367 e. The fourth-order valence-corrected chi connectivity index (χ4v) is 0.175. The smallest absolute Gasteiger partial charge is 0.230 e. The quantitative estimate of drug-likeness (QED) is 0.115. The lowest BCUT2D eigenvalue weighted by Gasteiger charge is -2.15. The average Bonchev–Trinajstić information content (AvgIpc) is 1.84. The van der Waals surface area contributed by atoms with E-state index in [1.165, 1.54) is 0 Å². The van der Waals surface area contributed by atoms with E-state index in [-0.39, 0.29) is 5.12 Å². The average molecular weight is 150 g/mol. The highest BCUT2D eigenvalue weighted by atomic mass is 16.8. The molecule has 0 amide bonds. The van der Waals surface area contributed by atoms with E-state index in [1.54, 1.807) is 0 Å². The third-order valence-corrected chi connectivity index (χ3v) is 0.586. The van der Waals surface area contributed by atoms with E-state index in [1.807, 2.05) is 0 Å². The van der Waals surface area contributed by atoms with E-state index in [4.69, 9.17) is 10.6 Å². The number of hydrogen-bond acceptors (Lipinski definition) is 5. The Morgan fingerprint density at radius 2 is 2.20 bits per heavy atom. The first-order valence-electron chi connectivity index (χ1n) is 1.99. The van der Waals surface area contributed by atoms with Gasteiger partial charge < -0.3 is 5.73 Å². The second-order valence-electron chi connectivity index (χ2n) is 1.24. The Morgan fingerprint density at radius 1 is 1.80 bits per heavy atom. The molecule has 0 aromatic carbocycles. The fourth-order valence-electron chi connectivity index (χ4n) is 0.175. The van der Waals surface area contributed by atoms with Gasteiger partial charge >= 0.3 is 0 Å². The summed E-state index contributed by atoms with van der Waals surface area (Å²) in [4.78, 5) is 9.65. The maximum atomic E-state index is 9.65. The number of guanidine groups is 1. The van der Waals surface area contributed by atoms with Crippen LogP contribution in [-0.4, -0.2) is 26.6 Å². The molecule has 0 aliphatic rings. The van der Waals surface area contributed by atoms with Crippen LogP contribution in [0.4, 0.5) is 0 Å². The van der Waals surface area contributed by atoms with Crippen LogP contribution >= 0.6 is 0 Å². The Hall–Kier alpha value is -1.61. The molecule has 0 saturated heterocycles. The molecule has 0 atom stereocenters. The van der Waals surface area contributed by atoms with Crippen LogP contribution < -0.4 is 11.6 Å². The van der Waals surface area contributed by atoms with Crippen LogP contribution in [-0.2, 0) is 0 Å². The summed E-state index contributed by atoms with van der Waals surface area (Å²) in [5.41, 5.74) is 4.65. The van der Waals surface area contributed by atoms with E-state index >= 15 is 0 Å². The van der Waals surface area contributed by atoms with Crippen molar-refractivity contribution >= 4 is 5.96 Å². The summed E-state index contributed by atoms with van der Waals surface area (Å²) in [6, 6.07) is 0. The van der Waals surface area contributed by atoms with Gasteiger partial charge in [-0.3, -0.25) is 5.41 Å². The van der Waals surface area contributed by atoms with Crippen molar-refractivity contribution in [1.29, 1.82) is 5.41 Å². The van der Waals surface area contributed by atoms with E-state index in [0.29, 0.717) is 0 Å². The Bertz CT molecular complexity index is 137. The lowest BCUT2D eigenvalue weighted by atomic mass is 11.0. The van der Waals surface area contributed by atoms with E-state index in [9.17, 15) is 10.1 Å². The molecule has 0 rings (SSSR count). The number of nitrogens with zero attached hydrogens (tertiary/aromatic N) is 3. The Labute approximate surface area is 54.9 Å². The molecule has 10 heavy (non-hydrogen) atoms. The number of nitrogens with one attached hydrogen (secondary N) is 1. The number of rotatable bonds is 2. The van der Waals surface area contributed by atoms with Gasteiger partial charge in [0.1, 0.15) is 5.28 Å². The van der Waals surface area contributed by atoms with Gasteiger partial charge in [-0.05, 0) is 0 Å². The van der Waals surface area contributed by atoms with Crippen LogP contribution in [0.15, 0.2) is 0 Å². The van der Waals surface area contributed by atoms with Gasteiger partial charge in [-0.1, -0.05) is 0 Å². The number of nitrogens with two attached hydrogens (primary N) is 2. The predicted octanol–water partition coefficient (Wildman–Crippen LogP) is -2.15. The minimum atomic E-state index is -1.25. The summed E-state index contributed by atoms with van der Waals surface area (Å²) >= 11 is 0. The molecule has 0 aliphatic carbocycles. The molecule has 0 bridgehead atoms. The molecule has 0 aromatic rings. The second kappa shape index (κ2) is 2.80. The molecule has 6 N–H and O–H groups in total. The van der Waals surface area contributed by atoms with Crippen LogP contribution in [0.1, 0.15) is 0 Å². The second-order valence-corrected chi connectivity index (χ2v) is 1.24. The number of hydrazine groups is 3. The zero-order chi connectivity index (χ0) is 8.31. The van der Waals surface area contributed by atoms with E-state index < -0.39 is 16.3 Å². The molecule has 0 heterocycles. The first kappa shape index (κ1) is 8.39. The van der Waals surface area contributed by atoms with Crippen molar-refractivity contribution in [3.63, 3.8) is 0 Å². The molecule has 0 unspecified atom stereocenters. The predicted molar refractivity (Wildman–Crippen MR) is 28.6 cm³/mol. The van der Waals surface area contributed by atoms with Crippen molar-refractivity contribution in [3.8, 4) is 0 Å². The molecule has 9 nitrogen and oxygen atoms in total. The standard InChI is InChI=1S/CH6N6O3/c2-1(3)5(4)6(8)7(9)10/h8H,4H2,(H3,2,3). The van der Waals surface area contributed by atoms with Crippen molar-refractivity contribution in [1.82, 2.24) is 10.4 Å². The maximum Gasteiger partial charge on any atom is 0.230 e. The molecule has 9 heteroatoms. The van der Waals surface area contributed by atoms with Crippen LogP contribution in [0.5, 0.6) is 0 Å². The molecule has 58 valence electrons. The minimum absolute atomic E-state index is 0.0417. The molecule has 0 aromatic heterocycles. The summed E-state index contributed by atoms with van der Waals surface area (Å²) in [6.45, 7) is 0. The van der Waals surface area contributed by atoms with Crippen LogP contribution in [0, 0.1) is 15.5 Å². The molecule has 0 radical (unpaired) electrons. The lowest BCUT2D eigenvalue weighted by Crippen LogP contribution is -2.54. The maximum absolute atomic E-state index is 9.65. The van der Waals surface area contributed by atoms with Crippen molar-refractivity contribution < 1.29 is 10.2 Å². The summed E-state index contributed by atoms with van der Waals surface area (Å²) in [6.07, 6.45) is 0. The number of hydrogen-bond donors (Lipinski definition) is 4. The van der Waals surface area contributed by atoms with Gasteiger partial charge in [0.15, 0.2) is 0 Å². The Kier molecular flexibility index (Phi) is 2.35. The highest BCUT2D eigenvalue weighted by Gasteiger charge is 2.19. The molecule has 0 fully saturated rings. The Morgan fingerprint density at radius 3 is 2.30 bits per heavy atom. The van der Waals surface area contributed by atoms with Gasteiger partial charge in [0, 0.05) is 0 Å². The zero-order valence-electron chi connectivity index (χ0n) is 4.76. The van der Waals surface area contributed by atoms with E-state index in [0.717, 1.165) is 0 Å². The first-order valence-corrected chi connectivity index (χ1v) is 1.99. The van der Waals surface area contributed by atoms with Gasteiger partial charge in [-0.2, -0.15) is 0 Å². The zero-order valence-corrected chi connectivity index (χ0v) is 4.76. The topological polar surface area (TPSA) is 146 Å². The van der Waals surface area contributed by atoms with E-state index in [2.05, 4.69) is 11.6 Å². The van der Waals surface area contributed by atoms with Gasteiger partial charge in [-0.15, -0.1) is 5.12 Å². The summed E-state index contributed by atoms with van der Waals surface area (Å²) < 4.78 is 0. The number of nitro groups is 1. The molecular weight excluding hydrogens is 144 g/mol. The van der Waals surface area contributed by atoms with Crippen molar-refractivity contribution in [2.24, 2.45) is 11.6 Å².